The van der Waals surface area contributed by atoms with Gasteiger partial charge in [-0.05, 0) is 19.9 Å². The minimum atomic E-state index is -1.01. The summed E-state index contributed by atoms with van der Waals surface area (Å²) in [6.45, 7) is 3.04. The fourth-order valence-corrected chi connectivity index (χ4v) is 1.77. The number of nitrogens with zero attached hydrogens (tertiary/aromatic N) is 1. The summed E-state index contributed by atoms with van der Waals surface area (Å²) in [5.41, 5.74) is 7.86. The van der Waals surface area contributed by atoms with Gasteiger partial charge in [0.05, 0.1) is 16.7 Å². The van der Waals surface area contributed by atoms with E-state index >= 15 is 0 Å². The number of nitrogens with two attached hydrogens (primary N) is 2. The van der Waals surface area contributed by atoms with Crippen LogP contribution in [0.2, 0.25) is 0 Å². The van der Waals surface area contributed by atoms with Crippen molar-refractivity contribution < 1.29 is 18.9 Å². The van der Waals surface area contributed by atoms with E-state index in [9.17, 15) is 24.1 Å². The Kier molecular flexibility index (Phi) is 4.46. The highest BCUT2D eigenvalue weighted by Crippen LogP contribution is 2.25. The van der Waals surface area contributed by atoms with Gasteiger partial charge in [-0.2, -0.15) is 0 Å². The molecule has 8 nitrogen and oxygen atoms in total. The number of anilines is 1. The lowest BCUT2D eigenvalue weighted by Gasteiger charge is -2.24. The third-order valence-corrected chi connectivity index (χ3v) is 2.62. The molecule has 0 aliphatic rings. The SMILES string of the molecule is CC(C)(CC(N)=O)NC(=O)c1cc(N)c(F)cc1[N+](=O)[O-]. The Morgan fingerprint density at radius 2 is 2.00 bits per heavy atom. The number of carbonyl (C=O) groups excluding carboxylic acids is 2. The van der Waals surface area contributed by atoms with Crippen molar-refractivity contribution >= 4 is 23.2 Å². The van der Waals surface area contributed by atoms with E-state index < -0.39 is 45.0 Å². The molecule has 0 saturated heterocycles. The number of hydrogen-bond donors (Lipinski definition) is 3. The average Bonchev–Trinajstić information content (AvgIpc) is 2.29. The zero-order chi connectivity index (χ0) is 16.4. The lowest BCUT2D eigenvalue weighted by atomic mass is 9.99. The number of nitrogen functional groups attached to an aromatic ring is 1. The molecule has 0 fully saturated rings. The van der Waals surface area contributed by atoms with Gasteiger partial charge in [0, 0.05) is 12.0 Å². The van der Waals surface area contributed by atoms with Crippen LogP contribution in [0.5, 0.6) is 0 Å². The van der Waals surface area contributed by atoms with Crippen molar-refractivity contribution in [3.63, 3.8) is 0 Å². The molecular weight excluding hydrogens is 283 g/mol. The standard InChI is InChI=1S/C12H15FN4O4/c1-12(2,5-10(15)18)16-11(19)6-3-8(14)7(13)4-9(6)17(20)21/h3-4H,5,14H2,1-2H3,(H2,15,18)(H,16,19). The second-order valence-corrected chi connectivity index (χ2v) is 5.13. The third-order valence-electron chi connectivity index (χ3n) is 2.62. The highest BCUT2D eigenvalue weighted by Gasteiger charge is 2.28. The zero-order valence-electron chi connectivity index (χ0n) is 11.5. The number of primary amides is 1. The number of rotatable bonds is 5. The first-order chi connectivity index (χ1) is 9.53. The summed E-state index contributed by atoms with van der Waals surface area (Å²) in [6.07, 6.45) is -0.163. The van der Waals surface area contributed by atoms with Crippen molar-refractivity contribution in [2.24, 2.45) is 5.73 Å². The Morgan fingerprint density at radius 1 is 1.43 bits per heavy atom. The topological polar surface area (TPSA) is 141 Å². The minimum absolute atomic E-state index is 0.163. The van der Waals surface area contributed by atoms with Crippen LogP contribution in [0.4, 0.5) is 15.8 Å². The van der Waals surface area contributed by atoms with Gasteiger partial charge in [0.15, 0.2) is 5.82 Å². The van der Waals surface area contributed by atoms with Gasteiger partial charge in [0.1, 0.15) is 5.56 Å². The summed E-state index contributed by atoms with van der Waals surface area (Å²) in [5, 5.41) is 13.3. The maximum Gasteiger partial charge on any atom is 0.285 e. The van der Waals surface area contributed by atoms with Crippen LogP contribution in [0.1, 0.15) is 30.6 Å². The van der Waals surface area contributed by atoms with Crippen LogP contribution >= 0.6 is 0 Å². The van der Waals surface area contributed by atoms with Crippen LogP contribution < -0.4 is 16.8 Å². The molecule has 0 aliphatic carbocycles. The number of carbonyl (C=O) groups is 2. The highest BCUT2D eigenvalue weighted by atomic mass is 19.1. The number of nitrogens with one attached hydrogen (secondary N) is 1. The van der Waals surface area contributed by atoms with Gasteiger partial charge in [-0.15, -0.1) is 0 Å². The van der Waals surface area contributed by atoms with Gasteiger partial charge in [-0.3, -0.25) is 19.7 Å². The van der Waals surface area contributed by atoms with E-state index in [1.54, 1.807) is 0 Å². The second-order valence-electron chi connectivity index (χ2n) is 5.13. The van der Waals surface area contributed by atoms with E-state index in [2.05, 4.69) is 5.32 Å². The van der Waals surface area contributed by atoms with Crippen LogP contribution in [0.3, 0.4) is 0 Å². The molecule has 1 aromatic carbocycles. The summed E-state index contributed by atoms with van der Waals surface area (Å²) in [6, 6.07) is 1.45. The fraction of sp³-hybridized carbons (Fsp3) is 0.333. The number of benzene rings is 1. The van der Waals surface area contributed by atoms with Crippen molar-refractivity contribution in [1.82, 2.24) is 5.32 Å². The van der Waals surface area contributed by atoms with Crippen LogP contribution in [0, 0.1) is 15.9 Å². The Balaban J connectivity index is 3.15. The first-order valence-corrected chi connectivity index (χ1v) is 5.88. The molecule has 0 radical (unpaired) electrons. The van der Waals surface area contributed by atoms with E-state index in [4.69, 9.17) is 11.5 Å². The summed E-state index contributed by atoms with van der Waals surface area (Å²) < 4.78 is 13.3. The maximum absolute atomic E-state index is 13.3. The van der Waals surface area contributed by atoms with Gasteiger partial charge < -0.3 is 16.8 Å². The van der Waals surface area contributed by atoms with Crippen molar-refractivity contribution in [3.8, 4) is 0 Å². The second kappa shape index (κ2) is 5.73. The Labute approximate surface area is 119 Å². The molecular formula is C12H15FN4O4. The molecule has 0 aromatic heterocycles. The van der Waals surface area contributed by atoms with Gasteiger partial charge in [0.25, 0.3) is 11.6 Å². The number of halogens is 1. The molecule has 1 aromatic rings. The van der Waals surface area contributed by atoms with Crippen LogP contribution in [-0.4, -0.2) is 22.3 Å². The quantitative estimate of drug-likeness (QED) is 0.416. The van der Waals surface area contributed by atoms with Crippen molar-refractivity contribution in [2.75, 3.05) is 5.73 Å². The van der Waals surface area contributed by atoms with Crippen molar-refractivity contribution in [1.29, 1.82) is 0 Å². The zero-order valence-corrected chi connectivity index (χ0v) is 11.5. The molecule has 1 rings (SSSR count). The monoisotopic (exact) mass is 298 g/mol. The molecule has 2 amide bonds. The van der Waals surface area contributed by atoms with E-state index in [1.807, 2.05) is 0 Å². The Hall–Kier alpha value is -2.71. The summed E-state index contributed by atoms with van der Waals surface area (Å²) in [5.74, 6) is -2.48. The number of amides is 2. The molecule has 21 heavy (non-hydrogen) atoms. The summed E-state index contributed by atoms with van der Waals surface area (Å²) in [7, 11) is 0. The summed E-state index contributed by atoms with van der Waals surface area (Å²) in [4.78, 5) is 33.0. The molecule has 0 unspecified atom stereocenters. The predicted octanol–water partition coefficient (Wildman–Crippen LogP) is 0.700. The Bertz CT molecular complexity index is 616. The molecule has 0 aliphatic heterocycles. The number of nitro benzene ring substituents is 1. The first-order valence-electron chi connectivity index (χ1n) is 5.88. The molecule has 5 N–H and O–H groups in total. The average molecular weight is 298 g/mol. The molecule has 0 atom stereocenters. The number of nitro groups is 1. The third kappa shape index (κ3) is 4.13. The van der Waals surface area contributed by atoms with Gasteiger partial charge in [0.2, 0.25) is 5.91 Å². The summed E-state index contributed by atoms with van der Waals surface area (Å²) >= 11 is 0. The van der Waals surface area contributed by atoms with Crippen LogP contribution in [-0.2, 0) is 4.79 Å². The lowest BCUT2D eigenvalue weighted by molar-refractivity contribution is -0.385. The Morgan fingerprint density at radius 3 is 2.48 bits per heavy atom. The largest absolute Gasteiger partial charge is 0.396 e. The van der Waals surface area contributed by atoms with Gasteiger partial charge in [-0.25, -0.2) is 4.39 Å². The number of hydrogen-bond acceptors (Lipinski definition) is 5. The molecule has 0 saturated carbocycles. The highest BCUT2D eigenvalue weighted by molar-refractivity contribution is 5.99. The molecule has 0 spiro atoms. The predicted molar refractivity (Wildman–Crippen MR) is 72.8 cm³/mol. The minimum Gasteiger partial charge on any atom is -0.396 e. The smallest absolute Gasteiger partial charge is 0.285 e. The maximum atomic E-state index is 13.3. The van der Waals surface area contributed by atoms with E-state index in [0.717, 1.165) is 6.07 Å². The van der Waals surface area contributed by atoms with Gasteiger partial charge >= 0.3 is 0 Å². The lowest BCUT2D eigenvalue weighted by Crippen LogP contribution is -2.46. The van der Waals surface area contributed by atoms with E-state index in [0.29, 0.717) is 6.07 Å². The molecule has 9 heteroatoms. The van der Waals surface area contributed by atoms with Crippen molar-refractivity contribution in [3.05, 3.63) is 33.6 Å². The molecule has 0 bridgehead atoms. The normalized spacial score (nSPS) is 11.0. The first kappa shape index (κ1) is 16.3. The van der Waals surface area contributed by atoms with E-state index in [-0.39, 0.29) is 6.42 Å². The molecule has 0 heterocycles. The van der Waals surface area contributed by atoms with Crippen molar-refractivity contribution in [2.45, 2.75) is 25.8 Å². The fourth-order valence-electron chi connectivity index (χ4n) is 1.77. The van der Waals surface area contributed by atoms with E-state index in [1.165, 1.54) is 13.8 Å². The van der Waals surface area contributed by atoms with Crippen LogP contribution in [0.15, 0.2) is 12.1 Å². The van der Waals surface area contributed by atoms with Crippen LogP contribution in [0.25, 0.3) is 0 Å². The van der Waals surface area contributed by atoms with Gasteiger partial charge in [-0.1, -0.05) is 0 Å². The molecule has 114 valence electrons.